The van der Waals surface area contributed by atoms with Crippen molar-refractivity contribution in [2.45, 2.75) is 96.8 Å². The summed E-state index contributed by atoms with van der Waals surface area (Å²) in [5, 5.41) is 0. The molecule has 0 atom stereocenters. The van der Waals surface area contributed by atoms with Gasteiger partial charge in [0.15, 0.2) is 0 Å². The fourth-order valence-corrected chi connectivity index (χ4v) is 2.66. The summed E-state index contributed by atoms with van der Waals surface area (Å²) < 4.78 is 10.2. The molecule has 0 amide bonds. The van der Waals surface area contributed by atoms with Gasteiger partial charge in [-0.2, -0.15) is 0 Å². The van der Waals surface area contributed by atoms with Crippen LogP contribution < -0.4 is 0 Å². The Kier molecular flexibility index (Phi) is 19.7. The van der Waals surface area contributed by atoms with Crippen molar-refractivity contribution in [3.63, 3.8) is 0 Å². The standard InChI is InChI=1S/C20H38O2/c1-3-5-6-7-8-9-10-11-12-13-14-15-16-17-18-22-20-19-21-4-2/h2H,3,5-20H2,1H3. The van der Waals surface area contributed by atoms with Crippen molar-refractivity contribution < 1.29 is 9.47 Å². The van der Waals surface area contributed by atoms with E-state index in [4.69, 9.17) is 15.9 Å². The molecule has 0 radical (unpaired) electrons. The predicted octanol–water partition coefficient (Wildman–Crippen LogP) is 6.09. The minimum atomic E-state index is 0.509. The van der Waals surface area contributed by atoms with Crippen LogP contribution in [0.4, 0.5) is 0 Å². The first-order valence-corrected chi connectivity index (χ1v) is 9.57. The van der Waals surface area contributed by atoms with Crippen LogP contribution in [0.5, 0.6) is 0 Å². The fourth-order valence-electron chi connectivity index (χ4n) is 2.66. The maximum absolute atomic E-state index is 5.42. The van der Waals surface area contributed by atoms with Gasteiger partial charge in [0.05, 0.1) is 6.61 Å². The first-order valence-electron chi connectivity index (χ1n) is 9.57. The molecule has 2 heteroatoms. The molecule has 0 bridgehead atoms. The van der Waals surface area contributed by atoms with E-state index in [-0.39, 0.29) is 0 Å². The summed E-state index contributed by atoms with van der Waals surface area (Å²) in [6.07, 6.45) is 26.6. The van der Waals surface area contributed by atoms with Gasteiger partial charge >= 0.3 is 0 Å². The highest BCUT2D eigenvalue weighted by Gasteiger charge is 1.94. The molecule has 22 heavy (non-hydrogen) atoms. The van der Waals surface area contributed by atoms with Crippen LogP contribution in [0.2, 0.25) is 0 Å². The number of rotatable bonds is 18. The van der Waals surface area contributed by atoms with Crippen LogP contribution in [0.1, 0.15) is 96.8 Å². The third-order valence-electron chi connectivity index (χ3n) is 4.06. The van der Waals surface area contributed by atoms with E-state index >= 15 is 0 Å². The molecule has 0 aliphatic heterocycles. The van der Waals surface area contributed by atoms with Gasteiger partial charge in [-0.3, -0.25) is 0 Å². The lowest BCUT2D eigenvalue weighted by Gasteiger charge is -2.04. The predicted molar refractivity (Wildman–Crippen MR) is 95.9 cm³/mol. The number of hydrogen-bond acceptors (Lipinski definition) is 2. The topological polar surface area (TPSA) is 18.5 Å². The van der Waals surface area contributed by atoms with E-state index < -0.39 is 0 Å². The van der Waals surface area contributed by atoms with E-state index in [0.29, 0.717) is 13.2 Å². The summed E-state index contributed by atoms with van der Waals surface area (Å²) >= 11 is 0. The van der Waals surface area contributed by atoms with Gasteiger partial charge in [-0.15, -0.1) is 0 Å². The zero-order valence-electron chi connectivity index (χ0n) is 14.9. The molecule has 0 fully saturated rings. The van der Waals surface area contributed by atoms with Crippen molar-refractivity contribution >= 4 is 0 Å². The highest BCUT2D eigenvalue weighted by molar-refractivity contribution is 4.67. The third-order valence-corrected chi connectivity index (χ3v) is 4.06. The Hall–Kier alpha value is -0.680. The summed E-state index contributed by atoms with van der Waals surface area (Å²) in [7, 11) is 0. The van der Waals surface area contributed by atoms with Gasteiger partial charge in [0.1, 0.15) is 12.7 Å². The Morgan fingerprint density at radius 1 is 0.591 bits per heavy atom. The molecule has 0 aliphatic carbocycles. The highest BCUT2D eigenvalue weighted by atomic mass is 16.5. The van der Waals surface area contributed by atoms with Crippen LogP contribution in [0.25, 0.3) is 0 Å². The summed E-state index contributed by atoms with van der Waals surface area (Å²) in [4.78, 5) is 0. The monoisotopic (exact) mass is 310 g/mol. The Morgan fingerprint density at radius 3 is 1.50 bits per heavy atom. The molecule has 0 unspecified atom stereocenters. The van der Waals surface area contributed by atoms with Crippen LogP contribution in [0.3, 0.4) is 0 Å². The first-order chi connectivity index (χ1) is 10.9. The van der Waals surface area contributed by atoms with E-state index in [1.54, 1.807) is 0 Å². The molecule has 0 heterocycles. The summed E-state index contributed by atoms with van der Waals surface area (Å²) in [6, 6.07) is 0. The zero-order valence-corrected chi connectivity index (χ0v) is 14.9. The second-order valence-corrected chi connectivity index (χ2v) is 6.17. The Bertz CT molecular complexity index is 232. The lowest BCUT2D eigenvalue weighted by Crippen LogP contribution is -2.02. The molecule has 0 N–H and O–H groups in total. The van der Waals surface area contributed by atoms with Crippen LogP contribution in [-0.4, -0.2) is 19.8 Å². The molecule has 2 nitrogen and oxygen atoms in total. The molecule has 0 aliphatic rings. The van der Waals surface area contributed by atoms with Crippen molar-refractivity contribution in [2.75, 3.05) is 19.8 Å². The van der Waals surface area contributed by atoms with Crippen LogP contribution in [0.15, 0.2) is 0 Å². The molecule has 0 saturated carbocycles. The Balaban J connectivity index is 2.93. The highest BCUT2D eigenvalue weighted by Crippen LogP contribution is 2.12. The second kappa shape index (κ2) is 20.3. The smallest absolute Gasteiger partial charge is 0.123 e. The van der Waals surface area contributed by atoms with Crippen molar-refractivity contribution in [1.29, 1.82) is 0 Å². The van der Waals surface area contributed by atoms with E-state index in [9.17, 15) is 0 Å². The molecule has 0 spiro atoms. The molecule has 130 valence electrons. The molecular weight excluding hydrogens is 272 g/mol. The van der Waals surface area contributed by atoms with Crippen molar-refractivity contribution in [2.24, 2.45) is 0 Å². The average Bonchev–Trinajstić information content (AvgIpc) is 2.54. The Morgan fingerprint density at radius 2 is 1.05 bits per heavy atom. The minimum Gasteiger partial charge on any atom is -0.444 e. The van der Waals surface area contributed by atoms with Gasteiger partial charge in [-0.05, 0) is 6.42 Å². The summed E-state index contributed by atoms with van der Waals surface area (Å²) in [5.74, 6) is 0. The molecule has 0 aromatic heterocycles. The van der Waals surface area contributed by atoms with Crippen LogP contribution in [0, 0.1) is 12.5 Å². The van der Waals surface area contributed by atoms with Crippen molar-refractivity contribution in [3.8, 4) is 12.5 Å². The zero-order chi connectivity index (χ0) is 16.1. The van der Waals surface area contributed by atoms with Crippen LogP contribution in [-0.2, 0) is 9.47 Å². The largest absolute Gasteiger partial charge is 0.444 e. The van der Waals surface area contributed by atoms with Gasteiger partial charge in [-0.25, -0.2) is 0 Å². The van der Waals surface area contributed by atoms with Gasteiger partial charge in [0.25, 0.3) is 0 Å². The molecule has 0 rings (SSSR count). The summed E-state index contributed by atoms with van der Waals surface area (Å²) in [5.41, 5.74) is 0. The fraction of sp³-hybridized carbons (Fsp3) is 0.900. The van der Waals surface area contributed by atoms with Crippen LogP contribution >= 0.6 is 0 Å². The quantitative estimate of drug-likeness (QED) is 0.225. The second-order valence-electron chi connectivity index (χ2n) is 6.17. The number of terminal acetylenes is 1. The number of unbranched alkanes of at least 4 members (excludes halogenated alkanes) is 13. The summed E-state index contributed by atoms with van der Waals surface area (Å²) in [6.45, 7) is 4.24. The maximum atomic E-state index is 5.42. The maximum Gasteiger partial charge on any atom is 0.123 e. The first kappa shape index (κ1) is 21.3. The molecule has 0 aromatic carbocycles. The lowest BCUT2D eigenvalue weighted by atomic mass is 10.0. The van der Waals surface area contributed by atoms with Gasteiger partial charge in [-0.1, -0.05) is 96.8 Å². The minimum absolute atomic E-state index is 0.509. The van der Waals surface area contributed by atoms with Crippen molar-refractivity contribution in [3.05, 3.63) is 0 Å². The average molecular weight is 311 g/mol. The lowest BCUT2D eigenvalue weighted by molar-refractivity contribution is 0.0884. The Labute approximate surface area is 139 Å². The molecule has 0 aromatic rings. The van der Waals surface area contributed by atoms with Gasteiger partial charge in [0.2, 0.25) is 0 Å². The number of hydrogen-bond donors (Lipinski definition) is 0. The van der Waals surface area contributed by atoms with E-state index in [0.717, 1.165) is 13.0 Å². The molecule has 0 saturated heterocycles. The van der Waals surface area contributed by atoms with E-state index in [2.05, 4.69) is 13.0 Å². The van der Waals surface area contributed by atoms with Crippen molar-refractivity contribution in [1.82, 2.24) is 0 Å². The SMILES string of the molecule is C#COCCOCCCCCCCCCCCCCCCC. The normalized spacial score (nSPS) is 10.5. The molecular formula is C20H38O2. The third kappa shape index (κ3) is 19.3. The van der Waals surface area contributed by atoms with Gasteiger partial charge < -0.3 is 9.47 Å². The number of ether oxygens (including phenoxy) is 2. The van der Waals surface area contributed by atoms with E-state index in [1.807, 2.05) is 0 Å². The van der Waals surface area contributed by atoms with Gasteiger partial charge in [0, 0.05) is 6.61 Å². The van der Waals surface area contributed by atoms with E-state index in [1.165, 1.54) is 83.5 Å².